The molecule has 3 aromatic rings. The zero-order valence-electron chi connectivity index (χ0n) is 17.1. The Morgan fingerprint density at radius 2 is 1.94 bits per heavy atom. The highest BCUT2D eigenvalue weighted by molar-refractivity contribution is 14.1. The third-order valence-electron chi connectivity index (χ3n) is 4.33. The van der Waals surface area contributed by atoms with E-state index >= 15 is 0 Å². The van der Waals surface area contributed by atoms with E-state index < -0.39 is 0 Å². The summed E-state index contributed by atoms with van der Waals surface area (Å²) in [6, 6.07) is 19.9. The molecule has 3 rings (SSSR count). The maximum absolute atomic E-state index is 12.2. The van der Waals surface area contributed by atoms with Crippen molar-refractivity contribution < 1.29 is 14.3 Å². The van der Waals surface area contributed by atoms with Crippen LogP contribution < -0.4 is 14.9 Å². The van der Waals surface area contributed by atoms with Gasteiger partial charge in [-0.25, -0.2) is 5.43 Å². The molecule has 0 bridgehead atoms. The zero-order chi connectivity index (χ0) is 22.9. The summed E-state index contributed by atoms with van der Waals surface area (Å²) in [6.45, 7) is 2.43. The number of nitrogens with one attached hydrogen (secondary N) is 1. The summed E-state index contributed by atoms with van der Waals surface area (Å²) in [7, 11) is 0. The van der Waals surface area contributed by atoms with Gasteiger partial charge in [-0.15, -0.1) is 0 Å². The predicted octanol–water partition coefficient (Wildman–Crippen LogP) is 5.56. The lowest BCUT2D eigenvalue weighted by Crippen LogP contribution is -2.17. The molecule has 0 aliphatic heterocycles. The molecule has 0 spiro atoms. The summed E-state index contributed by atoms with van der Waals surface area (Å²) in [5.41, 5.74) is 4.92. The van der Waals surface area contributed by atoms with Crippen molar-refractivity contribution in [2.24, 2.45) is 5.10 Å². The molecule has 0 saturated heterocycles. The van der Waals surface area contributed by atoms with Crippen LogP contribution in [-0.2, 0) is 6.61 Å². The SMILES string of the molecule is CCOc1cc(/C=N\NC(=O)c2ccc(I)cc2)cc(Cl)c1OCc1ccccc1C#N. The van der Waals surface area contributed by atoms with Gasteiger partial charge in [0.05, 0.1) is 29.5 Å². The van der Waals surface area contributed by atoms with Gasteiger partial charge in [0.15, 0.2) is 11.5 Å². The fourth-order valence-electron chi connectivity index (χ4n) is 2.80. The molecule has 0 aliphatic rings. The maximum Gasteiger partial charge on any atom is 0.271 e. The van der Waals surface area contributed by atoms with E-state index in [0.717, 1.165) is 9.13 Å². The molecule has 162 valence electrons. The second kappa shape index (κ2) is 11.5. The highest BCUT2D eigenvalue weighted by atomic mass is 127. The molecule has 0 fully saturated rings. The fourth-order valence-corrected chi connectivity index (χ4v) is 3.44. The summed E-state index contributed by atoms with van der Waals surface area (Å²) >= 11 is 8.62. The van der Waals surface area contributed by atoms with Gasteiger partial charge < -0.3 is 9.47 Å². The van der Waals surface area contributed by atoms with Crippen molar-refractivity contribution in [2.45, 2.75) is 13.5 Å². The Morgan fingerprint density at radius 1 is 1.19 bits per heavy atom. The number of rotatable bonds is 8. The summed E-state index contributed by atoms with van der Waals surface area (Å²) in [6.07, 6.45) is 1.48. The van der Waals surface area contributed by atoms with Gasteiger partial charge in [-0.3, -0.25) is 4.79 Å². The topological polar surface area (TPSA) is 83.7 Å². The minimum absolute atomic E-state index is 0.170. The van der Waals surface area contributed by atoms with Crippen molar-refractivity contribution in [3.8, 4) is 17.6 Å². The van der Waals surface area contributed by atoms with Gasteiger partial charge in [0.25, 0.3) is 5.91 Å². The third kappa shape index (κ3) is 6.22. The number of amides is 1. The molecule has 0 heterocycles. The van der Waals surface area contributed by atoms with E-state index in [-0.39, 0.29) is 12.5 Å². The van der Waals surface area contributed by atoms with E-state index in [9.17, 15) is 10.1 Å². The number of carbonyl (C=O) groups is 1. The van der Waals surface area contributed by atoms with Crippen molar-refractivity contribution in [3.05, 3.63) is 91.5 Å². The lowest BCUT2D eigenvalue weighted by Gasteiger charge is -2.15. The molecule has 3 aromatic carbocycles. The fraction of sp³-hybridized carbons (Fsp3) is 0.125. The molecule has 0 unspecified atom stereocenters. The summed E-state index contributed by atoms with van der Waals surface area (Å²) in [5, 5.41) is 13.6. The number of benzene rings is 3. The van der Waals surface area contributed by atoms with Crippen LogP contribution in [0.25, 0.3) is 0 Å². The van der Waals surface area contributed by atoms with Gasteiger partial charge >= 0.3 is 0 Å². The number of halogens is 2. The standard InChI is InChI=1S/C24H19ClIN3O3/c1-2-31-22-12-16(14-28-29-24(30)17-7-9-20(26)10-8-17)11-21(25)23(22)32-15-19-6-4-3-5-18(19)13-27/h3-12,14H,2,15H2,1H3,(H,29,30)/b28-14-. The Morgan fingerprint density at radius 3 is 2.66 bits per heavy atom. The zero-order valence-corrected chi connectivity index (χ0v) is 20.1. The maximum atomic E-state index is 12.2. The monoisotopic (exact) mass is 559 g/mol. The first-order chi connectivity index (χ1) is 15.5. The van der Waals surface area contributed by atoms with Crippen molar-refractivity contribution >= 4 is 46.3 Å². The number of hydrazone groups is 1. The Bertz CT molecular complexity index is 1170. The number of ether oxygens (including phenoxy) is 2. The van der Waals surface area contributed by atoms with Gasteiger partial charge in [-0.05, 0) is 77.5 Å². The second-order valence-corrected chi connectivity index (χ2v) is 8.18. The Labute approximate surface area is 204 Å². The van der Waals surface area contributed by atoms with E-state index in [2.05, 4.69) is 39.2 Å². The van der Waals surface area contributed by atoms with Crippen LogP contribution in [0.5, 0.6) is 11.5 Å². The molecule has 1 amide bonds. The normalized spacial score (nSPS) is 10.6. The van der Waals surface area contributed by atoms with Crippen LogP contribution >= 0.6 is 34.2 Å². The summed E-state index contributed by atoms with van der Waals surface area (Å²) < 4.78 is 12.6. The van der Waals surface area contributed by atoms with Gasteiger partial charge in [0.1, 0.15) is 6.61 Å². The summed E-state index contributed by atoms with van der Waals surface area (Å²) in [5.74, 6) is 0.506. The number of hydrogen-bond acceptors (Lipinski definition) is 5. The van der Waals surface area contributed by atoms with Crippen LogP contribution in [0.4, 0.5) is 0 Å². The van der Waals surface area contributed by atoms with Crippen LogP contribution in [0.2, 0.25) is 5.02 Å². The Balaban J connectivity index is 1.74. The van der Waals surface area contributed by atoms with Crippen LogP contribution in [0.15, 0.2) is 65.8 Å². The molecule has 0 atom stereocenters. The largest absolute Gasteiger partial charge is 0.490 e. The van der Waals surface area contributed by atoms with Crippen LogP contribution in [-0.4, -0.2) is 18.7 Å². The van der Waals surface area contributed by atoms with Crippen LogP contribution in [0, 0.1) is 14.9 Å². The molecule has 0 saturated carbocycles. The molecule has 6 nitrogen and oxygen atoms in total. The quantitative estimate of drug-likeness (QED) is 0.223. The van der Waals surface area contributed by atoms with E-state index in [1.165, 1.54) is 6.21 Å². The average Bonchev–Trinajstić information content (AvgIpc) is 2.79. The average molecular weight is 560 g/mol. The lowest BCUT2D eigenvalue weighted by atomic mass is 10.1. The Hall–Kier alpha value is -3.09. The van der Waals surface area contributed by atoms with Gasteiger partial charge in [0.2, 0.25) is 0 Å². The highest BCUT2D eigenvalue weighted by Crippen LogP contribution is 2.37. The van der Waals surface area contributed by atoms with Gasteiger partial charge in [-0.2, -0.15) is 10.4 Å². The van der Waals surface area contributed by atoms with Crippen molar-refractivity contribution in [1.82, 2.24) is 5.43 Å². The van der Waals surface area contributed by atoms with Crippen molar-refractivity contribution in [2.75, 3.05) is 6.61 Å². The summed E-state index contributed by atoms with van der Waals surface area (Å²) in [4.78, 5) is 12.2. The lowest BCUT2D eigenvalue weighted by molar-refractivity contribution is 0.0955. The van der Waals surface area contributed by atoms with Crippen molar-refractivity contribution in [3.63, 3.8) is 0 Å². The number of hydrogen-bond donors (Lipinski definition) is 1. The third-order valence-corrected chi connectivity index (χ3v) is 5.33. The number of nitrogens with zero attached hydrogens (tertiary/aromatic N) is 2. The molecule has 0 aromatic heterocycles. The van der Waals surface area contributed by atoms with Gasteiger partial charge in [-0.1, -0.05) is 29.8 Å². The first-order valence-corrected chi connectivity index (χ1v) is 11.1. The predicted molar refractivity (Wildman–Crippen MR) is 132 cm³/mol. The molecule has 8 heteroatoms. The molecular formula is C24H19ClIN3O3. The minimum atomic E-state index is -0.315. The number of nitriles is 1. The minimum Gasteiger partial charge on any atom is -0.490 e. The highest BCUT2D eigenvalue weighted by Gasteiger charge is 2.13. The molecular weight excluding hydrogens is 541 g/mol. The first kappa shape index (κ1) is 23.6. The van der Waals surface area contributed by atoms with E-state index in [1.54, 1.807) is 36.4 Å². The van der Waals surface area contributed by atoms with Crippen molar-refractivity contribution in [1.29, 1.82) is 5.26 Å². The molecule has 1 N–H and O–H groups in total. The molecule has 0 radical (unpaired) electrons. The van der Waals surface area contributed by atoms with E-state index in [0.29, 0.717) is 39.8 Å². The van der Waals surface area contributed by atoms with E-state index in [1.807, 2.05) is 31.2 Å². The van der Waals surface area contributed by atoms with E-state index in [4.69, 9.17) is 21.1 Å². The molecule has 0 aliphatic carbocycles. The molecule has 32 heavy (non-hydrogen) atoms. The Kier molecular flexibility index (Phi) is 8.48. The van der Waals surface area contributed by atoms with Gasteiger partial charge in [0, 0.05) is 14.7 Å². The second-order valence-electron chi connectivity index (χ2n) is 6.53. The first-order valence-electron chi connectivity index (χ1n) is 9.68. The smallest absolute Gasteiger partial charge is 0.271 e. The van der Waals surface area contributed by atoms with Crippen LogP contribution in [0.3, 0.4) is 0 Å². The number of carbonyl (C=O) groups excluding carboxylic acids is 1. The van der Waals surface area contributed by atoms with Crippen LogP contribution in [0.1, 0.15) is 34.0 Å².